The van der Waals surface area contributed by atoms with E-state index in [0.29, 0.717) is 22.6 Å². The Balaban J connectivity index is 0.000000249. The van der Waals surface area contributed by atoms with Crippen LogP contribution in [0, 0.1) is 20.8 Å². The third kappa shape index (κ3) is 6.95. The zero-order chi connectivity index (χ0) is 25.6. The number of carbonyl (C=O) groups is 3. The quantitative estimate of drug-likeness (QED) is 0.518. The Kier molecular flexibility index (Phi) is 8.95. The second kappa shape index (κ2) is 11.0. The summed E-state index contributed by atoms with van der Waals surface area (Å²) in [6, 6.07) is 0. The van der Waals surface area contributed by atoms with Gasteiger partial charge in [0.25, 0.3) is 6.43 Å². The van der Waals surface area contributed by atoms with E-state index in [1.54, 1.807) is 39.5 Å². The highest BCUT2D eigenvalue weighted by molar-refractivity contribution is 5.90. The molecule has 0 aliphatic carbocycles. The average molecular weight is 470 g/mol. The van der Waals surface area contributed by atoms with Crippen LogP contribution in [0.25, 0.3) is 0 Å². The van der Waals surface area contributed by atoms with Gasteiger partial charge in [0.05, 0.1) is 11.4 Å². The molecule has 3 aromatic heterocycles. The second-order valence-corrected chi connectivity index (χ2v) is 6.79. The van der Waals surface area contributed by atoms with E-state index in [-0.39, 0.29) is 5.56 Å². The molecule has 0 aromatic carbocycles. The summed E-state index contributed by atoms with van der Waals surface area (Å²) in [4.78, 5) is 31.3. The number of alkyl halides is 2. The van der Waals surface area contributed by atoms with Gasteiger partial charge in [0.1, 0.15) is 22.4 Å². The van der Waals surface area contributed by atoms with Gasteiger partial charge in [-0.25, -0.2) is 23.2 Å². The van der Waals surface area contributed by atoms with Crippen molar-refractivity contribution in [3.05, 3.63) is 51.9 Å². The molecular formula is C19H24F2N6O6. The Morgan fingerprint density at radius 1 is 0.788 bits per heavy atom. The highest BCUT2D eigenvalue weighted by Crippen LogP contribution is 2.20. The van der Waals surface area contributed by atoms with Crippen LogP contribution in [0.5, 0.6) is 0 Å². The van der Waals surface area contributed by atoms with Gasteiger partial charge in [-0.1, -0.05) is 0 Å². The normalized spacial score (nSPS) is 10.2. The third-order valence-corrected chi connectivity index (χ3v) is 4.26. The van der Waals surface area contributed by atoms with Crippen LogP contribution < -0.4 is 0 Å². The summed E-state index contributed by atoms with van der Waals surface area (Å²) in [5.41, 5.74) is 1.25. The molecule has 0 unspecified atom stereocenters. The Hall–Kier alpha value is -4.10. The summed E-state index contributed by atoms with van der Waals surface area (Å²) < 4.78 is 28.2. The summed E-state index contributed by atoms with van der Waals surface area (Å²) in [6.07, 6.45) is -0.320. The van der Waals surface area contributed by atoms with Crippen molar-refractivity contribution in [2.45, 2.75) is 27.2 Å². The maximum absolute atomic E-state index is 12.1. The molecule has 3 rings (SSSR count). The minimum Gasteiger partial charge on any atom is -0.478 e. The van der Waals surface area contributed by atoms with E-state index in [0.717, 1.165) is 10.9 Å². The molecule has 0 aliphatic rings. The summed E-state index contributed by atoms with van der Waals surface area (Å²) in [5.74, 6) is -3.22. The van der Waals surface area contributed by atoms with E-state index < -0.39 is 35.6 Å². The SMILES string of the molecule is Cc1nn(C)c(C)c1C(=O)O.Cc1nn(C)cc1C(=O)O.Cn1cc(C(=O)O)c(C(F)F)n1. The number of rotatable bonds is 4. The molecule has 12 nitrogen and oxygen atoms in total. The first-order chi connectivity index (χ1) is 15.2. The molecule has 0 bridgehead atoms. The lowest BCUT2D eigenvalue weighted by atomic mass is 10.2. The highest BCUT2D eigenvalue weighted by atomic mass is 19.3. The van der Waals surface area contributed by atoms with Crippen LogP contribution in [-0.2, 0) is 21.1 Å². The molecule has 0 radical (unpaired) electrons. The lowest BCUT2D eigenvalue weighted by Gasteiger charge is -1.93. The highest BCUT2D eigenvalue weighted by Gasteiger charge is 2.21. The Labute approximate surface area is 186 Å². The van der Waals surface area contributed by atoms with Gasteiger partial charge >= 0.3 is 17.9 Å². The molecule has 0 aliphatic heterocycles. The molecule has 0 saturated carbocycles. The van der Waals surface area contributed by atoms with Crippen LogP contribution in [-0.4, -0.2) is 62.6 Å². The number of carboxylic acid groups (broad SMARTS) is 3. The topological polar surface area (TPSA) is 165 Å². The smallest absolute Gasteiger partial charge is 0.339 e. The van der Waals surface area contributed by atoms with E-state index in [2.05, 4.69) is 15.3 Å². The maximum Gasteiger partial charge on any atom is 0.339 e. The molecule has 180 valence electrons. The van der Waals surface area contributed by atoms with Crippen LogP contribution in [0.1, 0.15) is 60.3 Å². The monoisotopic (exact) mass is 470 g/mol. The van der Waals surface area contributed by atoms with E-state index in [9.17, 15) is 23.2 Å². The first kappa shape index (κ1) is 26.9. The number of hydrogen-bond donors (Lipinski definition) is 3. The first-order valence-corrected chi connectivity index (χ1v) is 9.19. The number of halogens is 2. The molecule has 3 aromatic rings. The standard InChI is InChI=1S/C7H10N2O2.C6H6F2N2O2.C6H8N2O2/c1-4-6(7(10)11)5(2)9(3)8-4;1-10-2-3(6(11)12)4(9-10)5(7)8;1-4-5(6(9)10)3-8(2)7-4/h1-3H3,(H,10,11);2,5H,1H3,(H,11,12);3H,1-2H3,(H,9,10). The van der Waals surface area contributed by atoms with Gasteiger partial charge in [0.15, 0.2) is 0 Å². The van der Waals surface area contributed by atoms with Gasteiger partial charge in [-0.3, -0.25) is 14.0 Å². The summed E-state index contributed by atoms with van der Waals surface area (Å²) in [6.45, 7) is 5.10. The fourth-order valence-corrected chi connectivity index (χ4v) is 2.72. The lowest BCUT2D eigenvalue weighted by Crippen LogP contribution is -2.00. The molecule has 0 spiro atoms. The molecule has 0 saturated heterocycles. The van der Waals surface area contributed by atoms with Crippen molar-refractivity contribution in [1.29, 1.82) is 0 Å². The maximum atomic E-state index is 12.1. The molecule has 0 atom stereocenters. The van der Waals surface area contributed by atoms with Gasteiger partial charge in [-0.05, 0) is 20.8 Å². The summed E-state index contributed by atoms with van der Waals surface area (Å²) in [7, 11) is 4.81. The molecular weight excluding hydrogens is 446 g/mol. The van der Waals surface area contributed by atoms with Gasteiger partial charge < -0.3 is 15.3 Å². The number of carboxylic acids is 3. The molecule has 14 heteroatoms. The van der Waals surface area contributed by atoms with Gasteiger partial charge in [-0.2, -0.15) is 15.3 Å². The Bertz CT molecular complexity index is 1160. The minimum absolute atomic E-state index is 0.266. The average Bonchev–Trinajstić information content (AvgIpc) is 3.31. The van der Waals surface area contributed by atoms with E-state index >= 15 is 0 Å². The first-order valence-electron chi connectivity index (χ1n) is 9.19. The summed E-state index contributed by atoms with van der Waals surface area (Å²) >= 11 is 0. The number of aromatic carboxylic acids is 3. The second-order valence-electron chi connectivity index (χ2n) is 6.79. The zero-order valence-corrected chi connectivity index (χ0v) is 18.7. The van der Waals surface area contributed by atoms with Crippen LogP contribution >= 0.6 is 0 Å². The van der Waals surface area contributed by atoms with Crippen molar-refractivity contribution in [3.63, 3.8) is 0 Å². The van der Waals surface area contributed by atoms with Crippen LogP contribution in [0.15, 0.2) is 12.4 Å². The molecule has 0 fully saturated rings. The fourth-order valence-electron chi connectivity index (χ4n) is 2.72. The number of nitrogens with zero attached hydrogens (tertiary/aromatic N) is 6. The number of aryl methyl sites for hydroxylation is 5. The van der Waals surface area contributed by atoms with Crippen molar-refractivity contribution >= 4 is 17.9 Å². The molecule has 0 amide bonds. The zero-order valence-electron chi connectivity index (χ0n) is 18.7. The summed E-state index contributed by atoms with van der Waals surface area (Å²) in [5, 5.41) is 36.8. The largest absolute Gasteiger partial charge is 0.478 e. The van der Waals surface area contributed by atoms with Crippen LogP contribution in [0.2, 0.25) is 0 Å². The molecule has 3 N–H and O–H groups in total. The van der Waals surface area contributed by atoms with Crippen molar-refractivity contribution in [2.75, 3.05) is 0 Å². The van der Waals surface area contributed by atoms with Crippen LogP contribution in [0.3, 0.4) is 0 Å². The lowest BCUT2D eigenvalue weighted by molar-refractivity contribution is 0.0677. The van der Waals surface area contributed by atoms with Crippen molar-refractivity contribution in [3.8, 4) is 0 Å². The fraction of sp³-hybridized carbons (Fsp3) is 0.368. The van der Waals surface area contributed by atoms with Gasteiger partial charge in [0.2, 0.25) is 0 Å². The van der Waals surface area contributed by atoms with Crippen molar-refractivity contribution in [2.24, 2.45) is 21.1 Å². The Morgan fingerprint density at radius 2 is 1.27 bits per heavy atom. The third-order valence-electron chi connectivity index (χ3n) is 4.26. The predicted octanol–water partition coefficient (Wildman–Crippen LogP) is 2.22. The molecule has 3 heterocycles. The van der Waals surface area contributed by atoms with Crippen molar-refractivity contribution in [1.82, 2.24) is 29.3 Å². The van der Waals surface area contributed by atoms with E-state index in [1.807, 2.05) is 0 Å². The van der Waals surface area contributed by atoms with Gasteiger partial charge in [0, 0.05) is 39.2 Å². The van der Waals surface area contributed by atoms with E-state index in [1.165, 1.54) is 17.9 Å². The molecule has 33 heavy (non-hydrogen) atoms. The van der Waals surface area contributed by atoms with E-state index in [4.69, 9.17) is 15.3 Å². The Morgan fingerprint density at radius 3 is 1.52 bits per heavy atom. The van der Waals surface area contributed by atoms with Crippen molar-refractivity contribution < 1.29 is 38.5 Å². The van der Waals surface area contributed by atoms with Gasteiger partial charge in [-0.15, -0.1) is 0 Å². The predicted molar refractivity (Wildman–Crippen MR) is 110 cm³/mol. The minimum atomic E-state index is -2.85. The number of aromatic nitrogens is 6. The number of hydrogen-bond acceptors (Lipinski definition) is 6. The van der Waals surface area contributed by atoms with Crippen LogP contribution in [0.4, 0.5) is 8.78 Å².